The molecule has 0 spiro atoms. The Morgan fingerprint density at radius 1 is 0.786 bits per heavy atom. The normalized spacial score (nSPS) is 12.0. The van der Waals surface area contributed by atoms with Gasteiger partial charge in [-0.3, -0.25) is 14.6 Å². The van der Waals surface area contributed by atoms with E-state index in [0.717, 1.165) is 38.5 Å². The van der Waals surface area contributed by atoms with Gasteiger partial charge in [0.1, 0.15) is 5.25 Å². The van der Waals surface area contributed by atoms with E-state index in [1.54, 1.807) is 0 Å². The first kappa shape index (κ1) is 27.2. The quantitative estimate of drug-likeness (QED) is 0.0937. The Morgan fingerprint density at radius 3 is 1.82 bits per heavy atom. The van der Waals surface area contributed by atoms with Gasteiger partial charge in [0, 0.05) is 12.0 Å². The molecule has 0 radical (unpaired) electrons. The van der Waals surface area contributed by atoms with Crippen LogP contribution in [0.5, 0.6) is 0 Å². The second kappa shape index (κ2) is 20.9. The van der Waals surface area contributed by atoms with Crippen LogP contribution >= 0.6 is 12.0 Å². The molecule has 0 aliphatic carbocycles. The van der Waals surface area contributed by atoms with E-state index in [9.17, 15) is 14.8 Å². The van der Waals surface area contributed by atoms with E-state index in [-0.39, 0.29) is 13.0 Å². The summed E-state index contributed by atoms with van der Waals surface area (Å²) in [6.45, 7) is 4.93. The summed E-state index contributed by atoms with van der Waals surface area (Å²) in [7, 11) is 0. The van der Waals surface area contributed by atoms with E-state index >= 15 is 0 Å². The zero-order valence-electron chi connectivity index (χ0n) is 17.4. The Hall–Kier alpha value is -0.830. The summed E-state index contributed by atoms with van der Waals surface area (Å²) in [5, 5.41) is 12.3. The van der Waals surface area contributed by atoms with E-state index < -0.39 is 17.2 Å². The minimum Gasteiger partial charge on any atom is -0.691 e. The molecule has 28 heavy (non-hydrogen) atoms. The SMILES string of the molecule is CCCCCCCCOC(=O)CC(SOO[O-])C(=O)OCCCCCCCC. The fourth-order valence-corrected chi connectivity index (χ4v) is 3.12. The van der Waals surface area contributed by atoms with Gasteiger partial charge in [-0.25, -0.2) is 0 Å². The van der Waals surface area contributed by atoms with Gasteiger partial charge in [0.25, 0.3) is 0 Å². The van der Waals surface area contributed by atoms with E-state index in [1.807, 2.05) is 0 Å². The molecule has 0 aromatic heterocycles. The van der Waals surface area contributed by atoms with E-state index in [2.05, 4.69) is 23.2 Å². The number of esters is 2. The average Bonchev–Trinajstić information content (AvgIpc) is 2.69. The van der Waals surface area contributed by atoms with Crippen molar-refractivity contribution in [2.45, 2.75) is 103 Å². The second-order valence-electron chi connectivity index (χ2n) is 6.85. The predicted octanol–water partition coefficient (Wildman–Crippen LogP) is 4.42. The van der Waals surface area contributed by atoms with Crippen LogP contribution in [0, 0.1) is 0 Å². The Balaban J connectivity index is 3.99. The molecule has 0 aliphatic rings. The van der Waals surface area contributed by atoms with Crippen molar-refractivity contribution >= 4 is 24.0 Å². The molecule has 166 valence electrons. The lowest BCUT2D eigenvalue weighted by Crippen LogP contribution is -2.26. The van der Waals surface area contributed by atoms with Crippen LogP contribution in [-0.2, 0) is 28.4 Å². The highest BCUT2D eigenvalue weighted by Crippen LogP contribution is 2.19. The van der Waals surface area contributed by atoms with Gasteiger partial charge in [-0.15, -0.1) is 0 Å². The molecular formula is C20H37O7S-. The molecule has 0 amide bonds. The largest absolute Gasteiger partial charge is 0.691 e. The van der Waals surface area contributed by atoms with Gasteiger partial charge >= 0.3 is 11.9 Å². The third kappa shape index (κ3) is 17.3. The summed E-state index contributed by atoms with van der Waals surface area (Å²) >= 11 is 0.476. The molecule has 0 fully saturated rings. The second-order valence-corrected chi connectivity index (χ2v) is 7.75. The molecule has 1 unspecified atom stereocenters. The maximum absolute atomic E-state index is 12.1. The maximum atomic E-state index is 12.1. The summed E-state index contributed by atoms with van der Waals surface area (Å²) in [6.07, 6.45) is 12.8. The van der Waals surface area contributed by atoms with Crippen molar-refractivity contribution in [3.63, 3.8) is 0 Å². The highest BCUT2D eigenvalue weighted by molar-refractivity contribution is 7.95. The number of ether oxygens (including phenoxy) is 2. The smallest absolute Gasteiger partial charge is 0.322 e. The fraction of sp³-hybridized carbons (Fsp3) is 0.900. The van der Waals surface area contributed by atoms with Gasteiger partial charge < -0.3 is 14.7 Å². The van der Waals surface area contributed by atoms with Crippen molar-refractivity contribution < 1.29 is 33.7 Å². The molecule has 0 heterocycles. The predicted molar refractivity (Wildman–Crippen MR) is 107 cm³/mol. The zero-order valence-corrected chi connectivity index (χ0v) is 18.3. The highest BCUT2D eigenvalue weighted by atomic mass is 32.2. The molecule has 0 saturated carbocycles. The Bertz CT molecular complexity index is 380. The maximum Gasteiger partial charge on any atom is 0.322 e. The summed E-state index contributed by atoms with van der Waals surface area (Å²) in [5.41, 5.74) is 0. The molecule has 0 N–H and O–H groups in total. The summed E-state index contributed by atoms with van der Waals surface area (Å²) in [5.74, 6) is -1.12. The molecule has 0 bridgehead atoms. The summed E-state index contributed by atoms with van der Waals surface area (Å²) < 4.78 is 14.6. The number of carbonyl (C=O) groups excluding carboxylic acids is 2. The van der Waals surface area contributed by atoms with Crippen molar-refractivity contribution in [1.29, 1.82) is 0 Å². The van der Waals surface area contributed by atoms with Gasteiger partial charge in [0.2, 0.25) is 0 Å². The minimum absolute atomic E-state index is 0.223. The number of carbonyl (C=O) groups is 2. The molecule has 8 heteroatoms. The summed E-state index contributed by atoms with van der Waals surface area (Å²) in [4.78, 5) is 24.0. The lowest BCUT2D eigenvalue weighted by molar-refractivity contribution is -0.777. The number of rotatable bonds is 20. The van der Waals surface area contributed by atoms with Crippen molar-refractivity contribution in [3.05, 3.63) is 0 Å². The van der Waals surface area contributed by atoms with Gasteiger partial charge in [-0.2, -0.15) is 4.33 Å². The van der Waals surface area contributed by atoms with Crippen molar-refractivity contribution in [2.24, 2.45) is 0 Å². The topological polar surface area (TPSA) is 94.1 Å². The first-order valence-corrected chi connectivity index (χ1v) is 11.4. The average molecular weight is 422 g/mol. The number of hydrogen-bond acceptors (Lipinski definition) is 8. The van der Waals surface area contributed by atoms with Crippen LogP contribution in [0.1, 0.15) is 97.3 Å². The molecule has 1 atom stereocenters. The fourth-order valence-electron chi connectivity index (χ4n) is 2.65. The van der Waals surface area contributed by atoms with Crippen LogP contribution in [0.4, 0.5) is 0 Å². The monoisotopic (exact) mass is 421 g/mol. The van der Waals surface area contributed by atoms with Gasteiger partial charge in [0.05, 0.1) is 19.6 Å². The Kier molecular flexibility index (Phi) is 20.3. The van der Waals surface area contributed by atoms with E-state index in [1.165, 1.54) is 38.5 Å². The van der Waals surface area contributed by atoms with E-state index in [4.69, 9.17) is 9.47 Å². The van der Waals surface area contributed by atoms with Crippen molar-refractivity contribution in [1.82, 2.24) is 0 Å². The van der Waals surface area contributed by atoms with Gasteiger partial charge in [-0.1, -0.05) is 78.1 Å². The van der Waals surface area contributed by atoms with E-state index in [0.29, 0.717) is 18.6 Å². The van der Waals surface area contributed by atoms with Crippen LogP contribution in [0.3, 0.4) is 0 Å². The van der Waals surface area contributed by atoms with Crippen molar-refractivity contribution in [2.75, 3.05) is 13.2 Å². The molecule has 0 aliphatic heterocycles. The highest BCUT2D eigenvalue weighted by Gasteiger charge is 2.26. The van der Waals surface area contributed by atoms with Crippen LogP contribution in [0.2, 0.25) is 0 Å². The molecule has 0 saturated heterocycles. The zero-order chi connectivity index (χ0) is 20.9. The van der Waals surface area contributed by atoms with Crippen molar-refractivity contribution in [3.8, 4) is 0 Å². The first-order chi connectivity index (χ1) is 13.7. The molecule has 7 nitrogen and oxygen atoms in total. The molecule has 0 aromatic rings. The summed E-state index contributed by atoms with van der Waals surface area (Å²) in [6, 6.07) is 0. The Morgan fingerprint density at radius 2 is 1.29 bits per heavy atom. The number of unbranched alkanes of at least 4 members (excludes halogenated alkanes) is 10. The van der Waals surface area contributed by atoms with Gasteiger partial charge in [0.15, 0.2) is 0 Å². The van der Waals surface area contributed by atoms with Gasteiger partial charge in [-0.05, 0) is 12.8 Å². The first-order valence-electron chi connectivity index (χ1n) is 10.6. The Labute approximate surface area is 173 Å². The molecular weight excluding hydrogens is 384 g/mol. The van der Waals surface area contributed by atoms with Crippen LogP contribution in [0.25, 0.3) is 0 Å². The molecule has 0 aromatic carbocycles. The lowest BCUT2D eigenvalue weighted by Gasteiger charge is -2.15. The third-order valence-corrected chi connectivity index (χ3v) is 5.03. The molecule has 0 rings (SSSR count). The lowest BCUT2D eigenvalue weighted by atomic mass is 10.1. The number of hydrogen-bond donors (Lipinski definition) is 0. The van der Waals surface area contributed by atoms with Crippen LogP contribution in [-0.4, -0.2) is 30.4 Å². The standard InChI is InChI=1S/C20H38O7S/c1-3-5-7-9-11-13-15-24-19(21)17-18(28-27-26-23)20(22)25-16-14-12-10-8-6-4-2/h18,23H,3-17H2,1-2H3/p-1. The van der Waals surface area contributed by atoms with Crippen LogP contribution < -0.4 is 5.26 Å². The van der Waals surface area contributed by atoms with Crippen LogP contribution in [0.15, 0.2) is 0 Å². The minimum atomic E-state index is -0.980. The third-order valence-electron chi connectivity index (χ3n) is 4.30.